The second-order valence-corrected chi connectivity index (χ2v) is 3.91. The van der Waals surface area contributed by atoms with Gasteiger partial charge in [0.1, 0.15) is 0 Å². The first-order chi connectivity index (χ1) is 7.81. The lowest BCUT2D eigenvalue weighted by molar-refractivity contribution is 1.53. The topological polar surface area (TPSA) is 12.4 Å². The van der Waals surface area contributed by atoms with Crippen LogP contribution in [-0.4, -0.2) is 5.55 Å². The van der Waals surface area contributed by atoms with Gasteiger partial charge in [-0.2, -0.15) is 0 Å². The van der Waals surface area contributed by atoms with Gasteiger partial charge in [0.15, 0.2) is 0 Å². The normalized spacial score (nSPS) is 10.9. The zero-order valence-electron chi connectivity index (χ0n) is 8.47. The third kappa shape index (κ3) is 2.46. The summed E-state index contributed by atoms with van der Waals surface area (Å²) in [6.45, 7) is 0. The van der Waals surface area contributed by atoms with Gasteiger partial charge in [0.2, 0.25) is 0 Å². The minimum Gasteiger partial charge on any atom is -0.250 e. The van der Waals surface area contributed by atoms with E-state index in [0.29, 0.717) is 5.02 Å². The maximum Gasteiger partial charge on any atom is 0.0651 e. The van der Waals surface area contributed by atoms with Crippen LogP contribution in [0.2, 0.25) is 5.02 Å². The molecule has 2 aromatic rings. The van der Waals surface area contributed by atoms with E-state index in [1.165, 1.54) is 5.55 Å². The van der Waals surface area contributed by atoms with E-state index in [1.54, 1.807) is 0 Å². The Hall–Kier alpha value is -1.25. The molecule has 0 heterocycles. The zero-order chi connectivity index (χ0) is 11.4. The molecule has 0 fully saturated rings. The predicted molar refractivity (Wildman–Crippen MR) is 74.0 cm³/mol. The SMILES string of the molecule is SC=Nc1ccc(-c2ccccc2)c(Cl)c1. The van der Waals surface area contributed by atoms with Gasteiger partial charge in [-0.3, -0.25) is 4.99 Å². The monoisotopic (exact) mass is 247 g/mol. The molecule has 0 atom stereocenters. The molecule has 0 N–H and O–H groups in total. The molecule has 0 aliphatic carbocycles. The van der Waals surface area contributed by atoms with E-state index in [1.807, 2.05) is 48.5 Å². The fourth-order valence-electron chi connectivity index (χ4n) is 1.50. The van der Waals surface area contributed by atoms with E-state index in [2.05, 4.69) is 17.6 Å². The maximum absolute atomic E-state index is 6.20. The highest BCUT2D eigenvalue weighted by atomic mass is 35.5. The highest BCUT2D eigenvalue weighted by molar-refractivity contribution is 7.94. The van der Waals surface area contributed by atoms with Crippen molar-refractivity contribution in [2.75, 3.05) is 0 Å². The van der Waals surface area contributed by atoms with E-state index < -0.39 is 0 Å². The third-order valence-electron chi connectivity index (χ3n) is 2.24. The standard InChI is InChI=1S/C13H10ClNS/c14-13-8-11(15-9-16)6-7-12(13)10-4-2-1-3-5-10/h1-9H,(H,15,16). The second-order valence-electron chi connectivity index (χ2n) is 3.27. The van der Waals surface area contributed by atoms with Crippen LogP contribution in [0.25, 0.3) is 11.1 Å². The molecular formula is C13H10ClNS. The molecule has 0 saturated heterocycles. The van der Waals surface area contributed by atoms with Crippen LogP contribution in [0, 0.1) is 0 Å². The number of benzene rings is 2. The molecule has 0 unspecified atom stereocenters. The Morgan fingerprint density at radius 2 is 1.81 bits per heavy atom. The summed E-state index contributed by atoms with van der Waals surface area (Å²) in [4.78, 5) is 4.06. The number of hydrogen-bond acceptors (Lipinski definition) is 1. The Morgan fingerprint density at radius 3 is 2.44 bits per heavy atom. The number of rotatable bonds is 2. The zero-order valence-corrected chi connectivity index (χ0v) is 10.1. The minimum atomic E-state index is 0.697. The Balaban J connectivity index is 2.44. The summed E-state index contributed by atoms with van der Waals surface area (Å²) >= 11 is 10.1. The molecule has 0 spiro atoms. The first-order valence-corrected chi connectivity index (χ1v) is 5.72. The van der Waals surface area contributed by atoms with Crippen molar-refractivity contribution in [1.29, 1.82) is 0 Å². The predicted octanol–water partition coefficient (Wildman–Crippen LogP) is 4.60. The van der Waals surface area contributed by atoms with E-state index in [-0.39, 0.29) is 0 Å². The molecule has 1 nitrogen and oxygen atoms in total. The first kappa shape index (κ1) is 11.2. The molecule has 0 amide bonds. The van der Waals surface area contributed by atoms with Gasteiger partial charge in [-0.25, -0.2) is 0 Å². The average molecular weight is 248 g/mol. The van der Waals surface area contributed by atoms with Crippen LogP contribution in [0.1, 0.15) is 0 Å². The number of thiol groups is 1. The number of nitrogens with zero attached hydrogens (tertiary/aromatic N) is 1. The molecule has 80 valence electrons. The molecule has 2 rings (SSSR count). The quantitative estimate of drug-likeness (QED) is 0.453. The van der Waals surface area contributed by atoms with E-state index >= 15 is 0 Å². The van der Waals surface area contributed by atoms with Crippen LogP contribution in [-0.2, 0) is 0 Å². The Kier molecular flexibility index (Phi) is 3.65. The largest absolute Gasteiger partial charge is 0.250 e. The Morgan fingerprint density at radius 1 is 1.06 bits per heavy atom. The fourth-order valence-corrected chi connectivity index (χ4v) is 1.92. The molecule has 16 heavy (non-hydrogen) atoms. The van der Waals surface area contributed by atoms with Gasteiger partial charge in [-0.15, -0.1) is 12.6 Å². The Labute approximate surface area is 105 Å². The van der Waals surface area contributed by atoms with Gasteiger partial charge in [0.25, 0.3) is 0 Å². The molecule has 0 aliphatic rings. The van der Waals surface area contributed by atoms with Gasteiger partial charge in [-0.05, 0) is 17.7 Å². The highest BCUT2D eigenvalue weighted by Gasteiger charge is 2.03. The van der Waals surface area contributed by atoms with Crippen molar-refractivity contribution in [3.05, 3.63) is 53.6 Å². The summed E-state index contributed by atoms with van der Waals surface area (Å²) in [6, 6.07) is 15.7. The molecule has 0 radical (unpaired) electrons. The lowest BCUT2D eigenvalue weighted by Gasteiger charge is -2.04. The lowest BCUT2D eigenvalue weighted by Crippen LogP contribution is -1.78. The summed E-state index contributed by atoms with van der Waals surface area (Å²) in [6.07, 6.45) is 0. The molecule has 2 aromatic carbocycles. The van der Waals surface area contributed by atoms with Gasteiger partial charge in [0.05, 0.1) is 16.3 Å². The van der Waals surface area contributed by atoms with Crippen molar-refractivity contribution in [3.8, 4) is 11.1 Å². The van der Waals surface area contributed by atoms with Crippen LogP contribution in [0.5, 0.6) is 0 Å². The van der Waals surface area contributed by atoms with E-state index in [4.69, 9.17) is 11.6 Å². The molecule has 0 aromatic heterocycles. The van der Waals surface area contributed by atoms with Crippen LogP contribution in [0.15, 0.2) is 53.5 Å². The van der Waals surface area contributed by atoms with Gasteiger partial charge < -0.3 is 0 Å². The molecule has 0 aliphatic heterocycles. The van der Waals surface area contributed by atoms with Crippen molar-refractivity contribution in [1.82, 2.24) is 0 Å². The van der Waals surface area contributed by atoms with Crippen LogP contribution >= 0.6 is 24.2 Å². The fraction of sp³-hybridized carbons (Fsp3) is 0. The maximum atomic E-state index is 6.20. The Bertz CT molecular complexity index is 509. The average Bonchev–Trinajstić information content (AvgIpc) is 2.31. The molecule has 3 heteroatoms. The third-order valence-corrected chi connectivity index (χ3v) is 2.67. The summed E-state index contributed by atoms with van der Waals surface area (Å²) < 4.78 is 0. The van der Waals surface area contributed by atoms with Crippen molar-refractivity contribution in [3.63, 3.8) is 0 Å². The van der Waals surface area contributed by atoms with Crippen molar-refractivity contribution in [2.24, 2.45) is 4.99 Å². The summed E-state index contributed by atoms with van der Waals surface area (Å²) in [5.74, 6) is 0. The van der Waals surface area contributed by atoms with Crippen LogP contribution in [0.4, 0.5) is 5.69 Å². The van der Waals surface area contributed by atoms with Gasteiger partial charge >= 0.3 is 0 Å². The number of halogens is 1. The highest BCUT2D eigenvalue weighted by Crippen LogP contribution is 2.30. The van der Waals surface area contributed by atoms with E-state index in [9.17, 15) is 0 Å². The van der Waals surface area contributed by atoms with Gasteiger partial charge in [-0.1, -0.05) is 48.0 Å². The lowest BCUT2D eigenvalue weighted by atomic mass is 10.1. The number of hydrogen-bond donors (Lipinski definition) is 1. The van der Waals surface area contributed by atoms with Crippen LogP contribution < -0.4 is 0 Å². The number of aliphatic imine (C=N–C) groups is 1. The first-order valence-electron chi connectivity index (χ1n) is 4.83. The second kappa shape index (κ2) is 5.19. The smallest absolute Gasteiger partial charge is 0.0651 e. The molecular weight excluding hydrogens is 238 g/mol. The van der Waals surface area contributed by atoms with Crippen molar-refractivity contribution in [2.45, 2.75) is 0 Å². The van der Waals surface area contributed by atoms with E-state index in [0.717, 1.165) is 16.8 Å². The van der Waals surface area contributed by atoms with Crippen LogP contribution in [0.3, 0.4) is 0 Å². The minimum absolute atomic E-state index is 0.697. The van der Waals surface area contributed by atoms with Gasteiger partial charge in [0, 0.05) is 5.56 Å². The summed E-state index contributed by atoms with van der Waals surface area (Å²) in [5, 5.41) is 0.697. The molecule has 0 saturated carbocycles. The summed E-state index contributed by atoms with van der Waals surface area (Å²) in [5.41, 5.74) is 4.38. The van der Waals surface area contributed by atoms with Crippen molar-refractivity contribution < 1.29 is 0 Å². The molecule has 0 bridgehead atoms. The summed E-state index contributed by atoms with van der Waals surface area (Å²) in [7, 11) is 0. The van der Waals surface area contributed by atoms with Crippen molar-refractivity contribution >= 4 is 35.5 Å².